The lowest BCUT2D eigenvalue weighted by atomic mass is 9.83. The number of benzene rings is 1. The Labute approximate surface area is 103 Å². The molecule has 0 N–H and O–H groups in total. The first-order valence-electron chi connectivity index (χ1n) is 4.94. The third kappa shape index (κ3) is 3.66. The third-order valence-corrected chi connectivity index (χ3v) is 3.26. The molecule has 1 aromatic carbocycles. The molecule has 0 radical (unpaired) electrons. The van der Waals surface area contributed by atoms with Gasteiger partial charge in [0.2, 0.25) is 0 Å². The lowest BCUT2D eigenvalue weighted by Gasteiger charge is -2.22. The number of allylic oxidation sites excluding steroid dienone is 2. The molecule has 92 valence electrons. The fraction of sp³-hybridized carbons (Fsp3) is 0.231. The van der Waals surface area contributed by atoms with Gasteiger partial charge in [-0.15, -0.1) is 13.2 Å². The Kier molecular flexibility index (Phi) is 4.09. The van der Waals surface area contributed by atoms with Crippen LogP contribution in [0.5, 0.6) is 0 Å². The average Bonchev–Trinajstić information content (AvgIpc) is 2.26. The summed E-state index contributed by atoms with van der Waals surface area (Å²) in [5.41, 5.74) is -4.03. The highest BCUT2D eigenvalue weighted by Crippen LogP contribution is 2.38. The van der Waals surface area contributed by atoms with Gasteiger partial charge in [0.25, 0.3) is 0 Å². The molecule has 0 fully saturated rings. The normalized spacial score (nSPS) is 12.2. The van der Waals surface area contributed by atoms with Crippen molar-refractivity contribution in [3.8, 4) is 0 Å². The summed E-state index contributed by atoms with van der Waals surface area (Å²) in [7, 11) is 0. The topological polar surface area (TPSA) is 0 Å². The van der Waals surface area contributed by atoms with E-state index in [1.54, 1.807) is 24.3 Å². The number of alkyl halides is 3. The van der Waals surface area contributed by atoms with E-state index in [0.717, 1.165) is 5.56 Å². The van der Waals surface area contributed by atoms with E-state index < -0.39 is 10.9 Å². The molecule has 0 unspecified atom stereocenters. The molecule has 0 spiro atoms. The summed E-state index contributed by atoms with van der Waals surface area (Å²) in [5, 5.41) is 0. The van der Waals surface area contributed by atoms with Crippen molar-refractivity contribution >= 4 is 11.8 Å². The molecule has 0 aliphatic heterocycles. The van der Waals surface area contributed by atoms with E-state index in [-0.39, 0.29) is 16.7 Å². The molecule has 17 heavy (non-hydrogen) atoms. The van der Waals surface area contributed by atoms with E-state index in [4.69, 9.17) is 0 Å². The molecule has 0 atom stereocenters. The average molecular weight is 258 g/mol. The van der Waals surface area contributed by atoms with Crippen molar-refractivity contribution in [1.29, 1.82) is 0 Å². The van der Waals surface area contributed by atoms with Gasteiger partial charge in [-0.05, 0) is 36.4 Å². The van der Waals surface area contributed by atoms with Crippen LogP contribution >= 0.6 is 11.8 Å². The van der Waals surface area contributed by atoms with Crippen LogP contribution in [0.25, 0.3) is 0 Å². The monoisotopic (exact) mass is 258 g/mol. The molecule has 0 nitrogen and oxygen atoms in total. The zero-order valence-electron chi connectivity index (χ0n) is 9.42. The Morgan fingerprint density at radius 2 is 1.76 bits per heavy atom. The maximum absolute atomic E-state index is 12.3. The molecule has 0 aliphatic carbocycles. The van der Waals surface area contributed by atoms with Crippen molar-refractivity contribution in [3.63, 3.8) is 0 Å². The van der Waals surface area contributed by atoms with E-state index in [2.05, 4.69) is 13.2 Å². The summed E-state index contributed by atoms with van der Waals surface area (Å²) in [6.07, 6.45) is 3.33. The molecule has 1 aromatic rings. The summed E-state index contributed by atoms with van der Waals surface area (Å²) in [6, 6.07) is 6.33. The highest BCUT2D eigenvalue weighted by Gasteiger charge is 2.29. The second-order valence-corrected chi connectivity index (χ2v) is 4.91. The fourth-order valence-electron chi connectivity index (χ4n) is 1.35. The van der Waals surface area contributed by atoms with Crippen molar-refractivity contribution in [2.24, 2.45) is 0 Å². The first-order chi connectivity index (χ1) is 7.80. The second-order valence-electron chi connectivity index (χ2n) is 3.77. The molecule has 0 heterocycles. The zero-order chi connectivity index (χ0) is 13.1. The van der Waals surface area contributed by atoms with Crippen LogP contribution in [0.1, 0.15) is 12.5 Å². The van der Waals surface area contributed by atoms with Gasteiger partial charge in [0, 0.05) is 10.3 Å². The first-order valence-corrected chi connectivity index (χ1v) is 5.76. The molecule has 1 rings (SSSR count). The van der Waals surface area contributed by atoms with Crippen LogP contribution in [0.2, 0.25) is 0 Å². The van der Waals surface area contributed by atoms with Crippen molar-refractivity contribution < 1.29 is 13.2 Å². The summed E-state index contributed by atoms with van der Waals surface area (Å²) in [6.45, 7) is 9.22. The Morgan fingerprint density at radius 1 is 1.18 bits per heavy atom. The predicted molar refractivity (Wildman–Crippen MR) is 66.1 cm³/mol. The smallest absolute Gasteiger partial charge is 0.160 e. The highest BCUT2D eigenvalue weighted by atomic mass is 32.2. The molecule has 0 bridgehead atoms. The highest BCUT2D eigenvalue weighted by molar-refractivity contribution is 8.00. The van der Waals surface area contributed by atoms with Crippen LogP contribution in [0.15, 0.2) is 54.5 Å². The maximum atomic E-state index is 12.3. The van der Waals surface area contributed by atoms with Crippen molar-refractivity contribution in [1.82, 2.24) is 0 Å². The predicted octanol–water partition coefficient (Wildman–Crippen LogP) is 4.93. The van der Waals surface area contributed by atoms with Crippen LogP contribution in [0.4, 0.5) is 13.2 Å². The van der Waals surface area contributed by atoms with Gasteiger partial charge in [0.1, 0.15) is 0 Å². The molecular weight excluding hydrogens is 245 g/mol. The minimum atomic E-state index is -4.27. The first kappa shape index (κ1) is 13.9. The lowest BCUT2D eigenvalue weighted by molar-refractivity contribution is -0.0328. The zero-order valence-corrected chi connectivity index (χ0v) is 10.2. The molecular formula is C13H13F3S. The van der Waals surface area contributed by atoms with Gasteiger partial charge in [-0.25, -0.2) is 0 Å². The van der Waals surface area contributed by atoms with Gasteiger partial charge >= 0.3 is 5.51 Å². The van der Waals surface area contributed by atoms with E-state index in [1.807, 2.05) is 6.92 Å². The summed E-state index contributed by atoms with van der Waals surface area (Å²) in [4.78, 5) is 0.171. The Bertz CT molecular complexity index is 413. The van der Waals surface area contributed by atoms with E-state index >= 15 is 0 Å². The van der Waals surface area contributed by atoms with E-state index in [1.165, 1.54) is 12.1 Å². The standard InChI is InChI=1S/C13H13F3S/c1-4-12(3,5-2)10-7-6-8-11(9-10)17-13(14,15)16/h4-9H,1-2H2,3H3. The van der Waals surface area contributed by atoms with Crippen LogP contribution < -0.4 is 0 Å². The second kappa shape index (κ2) is 5.00. The van der Waals surface area contributed by atoms with Gasteiger partial charge < -0.3 is 0 Å². The van der Waals surface area contributed by atoms with Crippen LogP contribution in [-0.4, -0.2) is 5.51 Å². The minimum absolute atomic E-state index is 0.117. The van der Waals surface area contributed by atoms with Crippen LogP contribution in [0, 0.1) is 0 Å². The summed E-state index contributed by atoms with van der Waals surface area (Å²) >= 11 is -0.117. The fourth-order valence-corrected chi connectivity index (χ4v) is 1.95. The van der Waals surface area contributed by atoms with Gasteiger partial charge in [-0.2, -0.15) is 13.2 Å². The third-order valence-electron chi connectivity index (χ3n) is 2.54. The number of halogens is 3. The van der Waals surface area contributed by atoms with E-state index in [0.29, 0.717) is 0 Å². The van der Waals surface area contributed by atoms with Gasteiger partial charge in [0.05, 0.1) is 0 Å². The van der Waals surface area contributed by atoms with Gasteiger partial charge in [-0.3, -0.25) is 0 Å². The number of hydrogen-bond acceptors (Lipinski definition) is 1. The van der Waals surface area contributed by atoms with Gasteiger partial charge in [-0.1, -0.05) is 24.3 Å². The number of rotatable bonds is 4. The van der Waals surface area contributed by atoms with Crippen LogP contribution in [-0.2, 0) is 5.41 Å². The molecule has 0 aliphatic rings. The summed E-state index contributed by atoms with van der Waals surface area (Å²) < 4.78 is 36.8. The van der Waals surface area contributed by atoms with E-state index in [9.17, 15) is 13.2 Å². The molecule has 0 amide bonds. The number of hydrogen-bond donors (Lipinski definition) is 0. The lowest BCUT2D eigenvalue weighted by Crippen LogP contribution is -2.14. The van der Waals surface area contributed by atoms with Crippen molar-refractivity contribution in [2.45, 2.75) is 22.7 Å². The molecule has 0 saturated heterocycles. The Morgan fingerprint density at radius 3 is 2.24 bits per heavy atom. The molecule has 4 heteroatoms. The molecule has 0 aromatic heterocycles. The summed E-state index contributed by atoms with van der Waals surface area (Å²) in [5.74, 6) is 0. The SMILES string of the molecule is C=CC(C)(C=C)c1cccc(SC(F)(F)F)c1. The van der Waals surface area contributed by atoms with Gasteiger partial charge in [0.15, 0.2) is 0 Å². The minimum Gasteiger partial charge on any atom is -0.160 e. The Hall–Kier alpha value is -1.16. The molecule has 0 saturated carbocycles. The quantitative estimate of drug-likeness (QED) is 0.545. The number of thioether (sulfide) groups is 1. The van der Waals surface area contributed by atoms with Crippen molar-refractivity contribution in [2.75, 3.05) is 0 Å². The maximum Gasteiger partial charge on any atom is 0.446 e. The Balaban J connectivity index is 3.09. The van der Waals surface area contributed by atoms with Crippen LogP contribution in [0.3, 0.4) is 0 Å². The van der Waals surface area contributed by atoms with Crippen molar-refractivity contribution in [3.05, 3.63) is 55.1 Å². The largest absolute Gasteiger partial charge is 0.446 e.